The fourth-order valence-electron chi connectivity index (χ4n) is 3.97. The first-order valence-electron chi connectivity index (χ1n) is 9.04. The van der Waals surface area contributed by atoms with Gasteiger partial charge in [0, 0.05) is 26.2 Å². The number of piperidine rings is 2. The summed E-state index contributed by atoms with van der Waals surface area (Å²) < 4.78 is 40.2. The predicted octanol–water partition coefficient (Wildman–Crippen LogP) is 3.61. The number of hydrogen-bond donors (Lipinski definition) is 0. The zero-order valence-electron chi connectivity index (χ0n) is 14.6. The van der Waals surface area contributed by atoms with E-state index in [2.05, 4.69) is 11.8 Å². The summed E-state index contributed by atoms with van der Waals surface area (Å²) in [4.78, 5) is 2.53. The van der Waals surface area contributed by atoms with E-state index in [-0.39, 0.29) is 9.92 Å². The van der Waals surface area contributed by atoms with Gasteiger partial charge in [-0.25, -0.2) is 12.8 Å². The van der Waals surface area contributed by atoms with Crippen LogP contribution < -0.4 is 0 Å². The summed E-state index contributed by atoms with van der Waals surface area (Å²) in [6, 6.07) is 3.45. The molecular weight excluding hydrogens is 363 g/mol. The SMILES string of the molecule is CC1CCCN(CC2CCN(S(=O)(=O)c3ccc(F)cc3Cl)CC2)C1. The lowest BCUT2D eigenvalue weighted by Crippen LogP contribution is -2.43. The predicted molar refractivity (Wildman–Crippen MR) is 97.7 cm³/mol. The summed E-state index contributed by atoms with van der Waals surface area (Å²) in [7, 11) is -3.65. The van der Waals surface area contributed by atoms with Crippen LogP contribution in [0.2, 0.25) is 5.02 Å². The van der Waals surface area contributed by atoms with E-state index in [0.717, 1.165) is 50.5 Å². The van der Waals surface area contributed by atoms with Gasteiger partial charge >= 0.3 is 0 Å². The standard InChI is InChI=1S/C18H26ClFN2O2S/c1-14-3-2-8-21(12-14)13-15-6-9-22(10-7-15)25(23,24)18-5-4-16(20)11-17(18)19/h4-5,11,14-15H,2-3,6-10,12-13H2,1H3. The van der Waals surface area contributed by atoms with Gasteiger partial charge in [0.1, 0.15) is 10.7 Å². The smallest absolute Gasteiger partial charge is 0.244 e. The van der Waals surface area contributed by atoms with Crippen LogP contribution in [0.5, 0.6) is 0 Å². The summed E-state index contributed by atoms with van der Waals surface area (Å²) in [6.07, 6.45) is 4.30. The Kier molecular flexibility index (Phi) is 6.03. The van der Waals surface area contributed by atoms with Crippen molar-refractivity contribution >= 4 is 21.6 Å². The van der Waals surface area contributed by atoms with Gasteiger partial charge in [-0.3, -0.25) is 0 Å². The third-order valence-electron chi connectivity index (χ3n) is 5.34. The molecule has 1 unspecified atom stereocenters. The van der Waals surface area contributed by atoms with Gasteiger partial charge in [-0.05, 0) is 62.3 Å². The number of rotatable bonds is 4. The fourth-order valence-corrected chi connectivity index (χ4v) is 5.95. The van der Waals surface area contributed by atoms with Crippen LogP contribution in [-0.2, 0) is 10.0 Å². The van der Waals surface area contributed by atoms with Crippen LogP contribution in [0.25, 0.3) is 0 Å². The zero-order valence-corrected chi connectivity index (χ0v) is 16.2. The van der Waals surface area contributed by atoms with Gasteiger partial charge in [0.15, 0.2) is 0 Å². The molecule has 0 aromatic heterocycles. The molecule has 0 radical (unpaired) electrons. The molecule has 25 heavy (non-hydrogen) atoms. The molecule has 0 spiro atoms. The molecule has 1 atom stereocenters. The molecule has 2 aliphatic heterocycles. The van der Waals surface area contributed by atoms with E-state index in [4.69, 9.17) is 11.6 Å². The third-order valence-corrected chi connectivity index (χ3v) is 7.72. The Labute approximate surface area is 155 Å². The molecular formula is C18H26ClFN2O2S. The van der Waals surface area contributed by atoms with Crippen LogP contribution in [0.3, 0.4) is 0 Å². The van der Waals surface area contributed by atoms with Crippen LogP contribution in [0.15, 0.2) is 23.1 Å². The van der Waals surface area contributed by atoms with Gasteiger partial charge in [0.2, 0.25) is 10.0 Å². The molecule has 2 aliphatic rings. The maximum Gasteiger partial charge on any atom is 0.244 e. The molecule has 0 bridgehead atoms. The number of hydrogen-bond acceptors (Lipinski definition) is 3. The van der Waals surface area contributed by atoms with Crippen LogP contribution >= 0.6 is 11.6 Å². The number of nitrogens with zero attached hydrogens (tertiary/aromatic N) is 2. The van der Waals surface area contributed by atoms with Crippen molar-refractivity contribution in [2.24, 2.45) is 11.8 Å². The molecule has 1 aromatic rings. The van der Waals surface area contributed by atoms with Crippen LogP contribution in [0.4, 0.5) is 4.39 Å². The molecule has 0 N–H and O–H groups in total. The van der Waals surface area contributed by atoms with Gasteiger partial charge in [-0.1, -0.05) is 18.5 Å². The average molecular weight is 389 g/mol. The Balaban J connectivity index is 1.59. The van der Waals surface area contributed by atoms with Crippen molar-refractivity contribution in [3.8, 4) is 0 Å². The van der Waals surface area contributed by atoms with Crippen molar-refractivity contribution in [3.05, 3.63) is 29.0 Å². The van der Waals surface area contributed by atoms with Gasteiger partial charge in [-0.2, -0.15) is 4.31 Å². The van der Waals surface area contributed by atoms with E-state index in [0.29, 0.717) is 19.0 Å². The Morgan fingerprint density at radius 3 is 2.56 bits per heavy atom. The van der Waals surface area contributed by atoms with E-state index >= 15 is 0 Å². The summed E-state index contributed by atoms with van der Waals surface area (Å²) in [6.45, 7) is 6.69. The minimum atomic E-state index is -3.65. The second-order valence-electron chi connectivity index (χ2n) is 7.43. The Morgan fingerprint density at radius 1 is 1.20 bits per heavy atom. The van der Waals surface area contributed by atoms with Gasteiger partial charge in [0.05, 0.1) is 5.02 Å². The lowest BCUT2D eigenvalue weighted by molar-refractivity contribution is 0.136. The topological polar surface area (TPSA) is 40.6 Å². The van der Waals surface area contributed by atoms with E-state index in [1.807, 2.05) is 0 Å². The van der Waals surface area contributed by atoms with Crippen molar-refractivity contribution in [2.45, 2.75) is 37.5 Å². The highest BCUT2D eigenvalue weighted by molar-refractivity contribution is 7.89. The van der Waals surface area contributed by atoms with Crippen LogP contribution in [-0.4, -0.2) is 50.3 Å². The third kappa shape index (κ3) is 4.54. The lowest BCUT2D eigenvalue weighted by Gasteiger charge is -2.37. The Bertz CT molecular complexity index is 705. The molecule has 0 saturated carbocycles. The van der Waals surface area contributed by atoms with Gasteiger partial charge < -0.3 is 4.90 Å². The van der Waals surface area contributed by atoms with Crippen molar-refractivity contribution in [2.75, 3.05) is 32.7 Å². The number of benzene rings is 1. The molecule has 2 fully saturated rings. The summed E-state index contributed by atoms with van der Waals surface area (Å²) in [5.74, 6) is 0.772. The molecule has 0 amide bonds. The largest absolute Gasteiger partial charge is 0.303 e. The molecule has 0 aliphatic carbocycles. The minimum Gasteiger partial charge on any atom is -0.303 e. The summed E-state index contributed by atoms with van der Waals surface area (Å²) >= 11 is 5.95. The van der Waals surface area contributed by atoms with E-state index < -0.39 is 15.8 Å². The lowest BCUT2D eigenvalue weighted by atomic mass is 9.94. The highest BCUT2D eigenvalue weighted by Crippen LogP contribution is 2.29. The first-order valence-corrected chi connectivity index (χ1v) is 10.9. The number of halogens is 2. The van der Waals surface area contributed by atoms with Gasteiger partial charge in [-0.15, -0.1) is 0 Å². The highest BCUT2D eigenvalue weighted by atomic mass is 35.5. The van der Waals surface area contributed by atoms with Crippen molar-refractivity contribution in [1.29, 1.82) is 0 Å². The summed E-state index contributed by atoms with van der Waals surface area (Å²) in [5, 5.41) is -0.0515. The number of likely N-dealkylation sites (tertiary alicyclic amines) is 1. The Morgan fingerprint density at radius 2 is 1.92 bits per heavy atom. The highest BCUT2D eigenvalue weighted by Gasteiger charge is 2.32. The van der Waals surface area contributed by atoms with Gasteiger partial charge in [0.25, 0.3) is 0 Å². The summed E-state index contributed by atoms with van der Waals surface area (Å²) in [5.41, 5.74) is 0. The average Bonchev–Trinajstić information content (AvgIpc) is 2.55. The monoisotopic (exact) mass is 388 g/mol. The van der Waals surface area contributed by atoms with Crippen molar-refractivity contribution in [3.63, 3.8) is 0 Å². The normalized spacial score (nSPS) is 24.5. The van der Waals surface area contributed by atoms with Crippen molar-refractivity contribution in [1.82, 2.24) is 9.21 Å². The van der Waals surface area contributed by atoms with E-state index in [9.17, 15) is 12.8 Å². The van der Waals surface area contributed by atoms with Crippen LogP contribution in [0.1, 0.15) is 32.6 Å². The quantitative estimate of drug-likeness (QED) is 0.791. The maximum atomic E-state index is 13.2. The molecule has 4 nitrogen and oxygen atoms in total. The second-order valence-corrected chi connectivity index (χ2v) is 9.74. The fraction of sp³-hybridized carbons (Fsp3) is 0.667. The van der Waals surface area contributed by atoms with E-state index in [1.165, 1.54) is 23.2 Å². The molecule has 1 aromatic carbocycles. The van der Waals surface area contributed by atoms with Crippen molar-refractivity contribution < 1.29 is 12.8 Å². The first kappa shape index (κ1) is 19.1. The molecule has 140 valence electrons. The molecule has 2 saturated heterocycles. The first-order chi connectivity index (χ1) is 11.9. The van der Waals surface area contributed by atoms with Crippen LogP contribution in [0, 0.1) is 17.7 Å². The molecule has 2 heterocycles. The zero-order chi connectivity index (χ0) is 18.0. The molecule has 7 heteroatoms. The minimum absolute atomic E-state index is 0.00104. The second kappa shape index (κ2) is 7.91. The molecule has 3 rings (SSSR count). The Hall–Kier alpha value is -0.690. The van der Waals surface area contributed by atoms with E-state index in [1.54, 1.807) is 0 Å². The maximum absolute atomic E-state index is 13.2. The number of sulfonamides is 1.